The van der Waals surface area contributed by atoms with Crippen molar-refractivity contribution in [2.45, 2.75) is 18.9 Å². The van der Waals surface area contributed by atoms with Crippen molar-refractivity contribution in [1.29, 1.82) is 10.8 Å². The quantitative estimate of drug-likeness (QED) is 0.368. The molecule has 3 rings (SSSR count). The lowest BCUT2D eigenvalue weighted by Crippen LogP contribution is -2.40. The van der Waals surface area contributed by atoms with Crippen LogP contribution in [0.3, 0.4) is 0 Å². The van der Waals surface area contributed by atoms with Crippen LogP contribution in [0.5, 0.6) is 0 Å². The lowest BCUT2D eigenvalue weighted by atomic mass is 10.00. The zero-order chi connectivity index (χ0) is 21.8. The molecule has 0 aromatic heterocycles. The summed E-state index contributed by atoms with van der Waals surface area (Å²) >= 11 is 14.0. The molecule has 1 heterocycles. The molecule has 0 saturated carbocycles. The predicted octanol–water partition coefficient (Wildman–Crippen LogP) is 5.25. The number of anilines is 1. The summed E-state index contributed by atoms with van der Waals surface area (Å²) in [5.74, 6) is -0.280. The molecule has 0 fully saturated rings. The summed E-state index contributed by atoms with van der Waals surface area (Å²) in [6.07, 6.45) is 2.13. The third-order valence-corrected chi connectivity index (χ3v) is 5.81. The Hall–Kier alpha value is -2.35. The van der Waals surface area contributed by atoms with Gasteiger partial charge in [0, 0.05) is 27.6 Å². The molecule has 2 aromatic carbocycles. The number of benzodiazepines with no additional fused rings is 1. The molecule has 30 heavy (non-hydrogen) atoms. The molecule has 1 aliphatic heterocycles. The maximum atomic E-state index is 11.7. The van der Waals surface area contributed by atoms with E-state index in [1.165, 1.54) is 23.8 Å². The molecule has 0 unspecified atom stereocenters. The number of nitrogens with one attached hydrogen (secondary N) is 2. The highest BCUT2D eigenvalue weighted by Gasteiger charge is 2.32. The number of methoxy groups -OCH3 is 1. The van der Waals surface area contributed by atoms with E-state index in [0.29, 0.717) is 32.6 Å². The molecular weight excluding hydrogens is 443 g/mol. The van der Waals surface area contributed by atoms with Crippen LogP contribution in [0.1, 0.15) is 24.0 Å². The first-order valence-corrected chi connectivity index (χ1v) is 11.1. The Balaban J connectivity index is 2.24. The fraction of sp³-hybridized carbons (Fsp3) is 0.238. The zero-order valence-corrected chi connectivity index (χ0v) is 18.7. The molecule has 0 radical (unpaired) electrons. The van der Waals surface area contributed by atoms with Gasteiger partial charge in [0.25, 0.3) is 0 Å². The maximum Gasteiger partial charge on any atom is 0.305 e. The summed E-state index contributed by atoms with van der Waals surface area (Å²) < 4.78 is 4.75. The number of carbonyl (C=O) groups excluding carboxylic acids is 1. The molecule has 1 atom stereocenters. The van der Waals surface area contributed by atoms with E-state index in [4.69, 9.17) is 43.7 Å². The largest absolute Gasteiger partial charge is 0.469 e. The second kappa shape index (κ2) is 9.64. The molecule has 2 aromatic rings. The molecule has 156 valence electrons. The van der Waals surface area contributed by atoms with Crippen LogP contribution in [-0.2, 0) is 9.53 Å². The van der Waals surface area contributed by atoms with Gasteiger partial charge in [0.2, 0.25) is 0 Å². The van der Waals surface area contributed by atoms with Crippen LogP contribution < -0.4 is 4.90 Å². The predicted molar refractivity (Wildman–Crippen MR) is 125 cm³/mol. The van der Waals surface area contributed by atoms with Gasteiger partial charge in [-0.05, 0) is 36.9 Å². The van der Waals surface area contributed by atoms with Crippen molar-refractivity contribution in [3.8, 4) is 0 Å². The van der Waals surface area contributed by atoms with E-state index in [0.717, 1.165) is 0 Å². The minimum absolute atomic E-state index is 0.0976. The number of fused-ring (bicyclic) bond motifs is 1. The molecular formula is C21H20Cl2N4O2S. The van der Waals surface area contributed by atoms with Gasteiger partial charge in [0.1, 0.15) is 11.9 Å². The van der Waals surface area contributed by atoms with Gasteiger partial charge >= 0.3 is 5.97 Å². The standard InChI is InChI=1S/C21H20Cl2N4O2S/c1-29-18(28)10-8-16-20(24)27(21(25)30-2)17-9-7-12(22)11-14(17)19(26-16)13-5-3-4-6-15(13)23/h3-7,9,11,16,24-25H,8,10H2,1-2H3/t16-/m0/s1. The van der Waals surface area contributed by atoms with Gasteiger partial charge in [0.15, 0.2) is 5.17 Å². The van der Waals surface area contributed by atoms with Gasteiger partial charge in [-0.3, -0.25) is 25.5 Å². The fourth-order valence-electron chi connectivity index (χ4n) is 3.19. The smallest absolute Gasteiger partial charge is 0.305 e. The summed E-state index contributed by atoms with van der Waals surface area (Å²) in [7, 11) is 1.33. The van der Waals surface area contributed by atoms with Crippen LogP contribution in [-0.4, -0.2) is 42.1 Å². The third-order valence-electron chi connectivity index (χ3n) is 4.67. The van der Waals surface area contributed by atoms with Gasteiger partial charge < -0.3 is 4.74 Å². The fourth-order valence-corrected chi connectivity index (χ4v) is 3.97. The summed E-state index contributed by atoms with van der Waals surface area (Å²) in [5.41, 5.74) is 2.54. The summed E-state index contributed by atoms with van der Waals surface area (Å²) in [4.78, 5) is 18.1. The van der Waals surface area contributed by atoms with E-state index >= 15 is 0 Å². The van der Waals surface area contributed by atoms with E-state index in [9.17, 15) is 4.79 Å². The van der Waals surface area contributed by atoms with Crippen molar-refractivity contribution in [2.75, 3.05) is 18.3 Å². The molecule has 0 bridgehead atoms. The van der Waals surface area contributed by atoms with Crippen molar-refractivity contribution in [1.82, 2.24) is 0 Å². The van der Waals surface area contributed by atoms with Gasteiger partial charge in [-0.15, -0.1) is 0 Å². The molecule has 6 nitrogen and oxygen atoms in total. The van der Waals surface area contributed by atoms with Crippen LogP contribution in [0.2, 0.25) is 10.0 Å². The zero-order valence-electron chi connectivity index (χ0n) is 16.4. The Kier molecular flexibility index (Phi) is 7.18. The molecule has 0 aliphatic carbocycles. The van der Waals surface area contributed by atoms with Gasteiger partial charge in [-0.25, -0.2) is 0 Å². The lowest BCUT2D eigenvalue weighted by Gasteiger charge is -2.27. The number of benzene rings is 2. The number of rotatable bonds is 4. The first kappa shape index (κ1) is 22.3. The molecule has 2 N–H and O–H groups in total. The van der Waals surface area contributed by atoms with E-state index < -0.39 is 6.04 Å². The highest BCUT2D eigenvalue weighted by atomic mass is 35.5. The molecule has 9 heteroatoms. The Bertz CT molecular complexity index is 1040. The Labute approximate surface area is 189 Å². The van der Waals surface area contributed by atoms with Gasteiger partial charge in [-0.1, -0.05) is 53.2 Å². The summed E-state index contributed by atoms with van der Waals surface area (Å²) in [6, 6.07) is 11.9. The molecule has 0 saturated heterocycles. The molecule has 1 aliphatic rings. The lowest BCUT2D eigenvalue weighted by molar-refractivity contribution is -0.140. The van der Waals surface area contributed by atoms with Crippen LogP contribution in [0.25, 0.3) is 0 Å². The summed E-state index contributed by atoms with van der Waals surface area (Å²) in [6.45, 7) is 0. The number of halogens is 2. The second-order valence-corrected chi connectivity index (χ2v) is 8.12. The average Bonchev–Trinajstić information content (AvgIpc) is 2.86. The van der Waals surface area contributed by atoms with E-state index in [-0.39, 0.29) is 29.8 Å². The van der Waals surface area contributed by atoms with Crippen LogP contribution in [0.4, 0.5) is 5.69 Å². The minimum Gasteiger partial charge on any atom is -0.469 e. The summed E-state index contributed by atoms with van der Waals surface area (Å²) in [5, 5.41) is 18.4. The first-order valence-electron chi connectivity index (χ1n) is 9.08. The van der Waals surface area contributed by atoms with Crippen LogP contribution in [0.15, 0.2) is 47.5 Å². The number of amidine groups is 2. The van der Waals surface area contributed by atoms with Gasteiger partial charge in [0.05, 0.1) is 18.5 Å². The number of ether oxygens (including phenoxy) is 1. The Morgan fingerprint density at radius 3 is 2.63 bits per heavy atom. The number of nitrogens with zero attached hydrogens (tertiary/aromatic N) is 2. The Morgan fingerprint density at radius 1 is 1.23 bits per heavy atom. The van der Waals surface area contributed by atoms with Crippen LogP contribution in [0, 0.1) is 10.8 Å². The topological polar surface area (TPSA) is 89.6 Å². The normalized spacial score (nSPS) is 15.9. The monoisotopic (exact) mass is 462 g/mol. The molecule has 0 spiro atoms. The first-order chi connectivity index (χ1) is 14.4. The van der Waals surface area contributed by atoms with Crippen molar-refractivity contribution in [3.63, 3.8) is 0 Å². The third kappa shape index (κ3) is 4.53. The number of thioether (sulfide) groups is 1. The van der Waals surface area contributed by atoms with Crippen molar-refractivity contribution >= 4 is 63.3 Å². The van der Waals surface area contributed by atoms with E-state index in [2.05, 4.69) is 0 Å². The van der Waals surface area contributed by atoms with Crippen LogP contribution >= 0.6 is 35.0 Å². The number of esters is 1. The number of carbonyl (C=O) groups is 1. The second-order valence-electron chi connectivity index (χ2n) is 6.48. The van der Waals surface area contributed by atoms with E-state index in [1.807, 2.05) is 18.2 Å². The van der Waals surface area contributed by atoms with E-state index in [1.54, 1.807) is 30.5 Å². The maximum absolute atomic E-state index is 11.7. The van der Waals surface area contributed by atoms with Crippen molar-refractivity contribution < 1.29 is 9.53 Å². The van der Waals surface area contributed by atoms with Gasteiger partial charge in [-0.2, -0.15) is 0 Å². The molecule has 0 amide bonds. The average molecular weight is 463 g/mol. The van der Waals surface area contributed by atoms with Crippen molar-refractivity contribution in [3.05, 3.63) is 63.6 Å². The van der Waals surface area contributed by atoms with Crippen molar-refractivity contribution in [2.24, 2.45) is 4.99 Å². The SMILES string of the molecule is COC(=O)CC[C@@H]1N=C(c2ccccc2Cl)c2cc(Cl)ccc2N(C(=N)SC)C1=N. The highest BCUT2D eigenvalue weighted by molar-refractivity contribution is 8.13. The number of hydrogen-bond donors (Lipinski definition) is 2. The minimum atomic E-state index is -0.672. The number of hydrogen-bond acceptors (Lipinski definition) is 6. The Morgan fingerprint density at radius 2 is 1.97 bits per heavy atom. The highest BCUT2D eigenvalue weighted by Crippen LogP contribution is 2.34. The number of aliphatic imine (C=N–C) groups is 1.